The Morgan fingerprint density at radius 1 is 0.368 bits per heavy atom. The highest BCUT2D eigenvalue weighted by Crippen LogP contribution is 2.48. The van der Waals surface area contributed by atoms with Crippen molar-refractivity contribution < 1.29 is 0 Å². The normalized spacial score (nSPS) is 13.6. The summed E-state index contributed by atoms with van der Waals surface area (Å²) < 4.78 is 4.45. The van der Waals surface area contributed by atoms with Crippen LogP contribution < -0.4 is 10.4 Å². The Balaban J connectivity index is 1.31. The van der Waals surface area contributed by atoms with E-state index in [0.29, 0.717) is 0 Å². The summed E-state index contributed by atoms with van der Waals surface area (Å²) >= 11 is 14.7. The van der Waals surface area contributed by atoms with Gasteiger partial charge in [-0.25, -0.2) is 0 Å². The van der Waals surface area contributed by atoms with Crippen LogP contribution in [0.5, 0.6) is 0 Å². The van der Waals surface area contributed by atoms with Gasteiger partial charge in [0.25, 0.3) is 0 Å². The first-order valence-corrected chi connectivity index (χ1v) is 15.6. The third-order valence-corrected chi connectivity index (χ3v) is 9.60. The van der Waals surface area contributed by atoms with E-state index in [4.69, 9.17) is 0 Å². The fourth-order valence-electron chi connectivity index (χ4n) is 5.94. The van der Waals surface area contributed by atoms with Gasteiger partial charge >= 0.3 is 0 Å². The van der Waals surface area contributed by atoms with Crippen molar-refractivity contribution in [3.8, 4) is 22.3 Å². The average molecular weight is 748 g/mol. The summed E-state index contributed by atoms with van der Waals surface area (Å²) in [7, 11) is 0. The molecule has 0 bridgehead atoms. The first-order valence-electron chi connectivity index (χ1n) is 12.4. The number of hydrogen-bond donors (Lipinski definition) is 0. The average Bonchev–Trinajstić information content (AvgIpc) is 3.36. The van der Waals surface area contributed by atoms with Crippen LogP contribution in [0.2, 0.25) is 0 Å². The molecular weight excluding hydrogens is 728 g/mol. The van der Waals surface area contributed by atoms with Crippen molar-refractivity contribution in [2.75, 3.05) is 0 Å². The minimum Gasteiger partial charge on any atom is -0.0653 e. The van der Waals surface area contributed by atoms with E-state index in [9.17, 15) is 0 Å². The van der Waals surface area contributed by atoms with Gasteiger partial charge in [0.05, 0.1) is 0 Å². The molecule has 184 valence electrons. The summed E-state index contributed by atoms with van der Waals surface area (Å²) in [6.45, 7) is 0. The molecule has 0 spiro atoms. The summed E-state index contributed by atoms with van der Waals surface area (Å²) in [6, 6.07) is 35.5. The topological polar surface area (TPSA) is 0 Å². The molecule has 0 atom stereocenters. The number of benzene rings is 5. The van der Waals surface area contributed by atoms with Gasteiger partial charge in [-0.1, -0.05) is 124 Å². The summed E-state index contributed by atoms with van der Waals surface area (Å²) in [4.78, 5) is 0. The van der Waals surface area contributed by atoms with Gasteiger partial charge in [0.1, 0.15) is 0 Å². The maximum Gasteiger partial charge on any atom is 0.0291 e. The van der Waals surface area contributed by atoms with E-state index in [0.717, 1.165) is 17.9 Å². The first-order chi connectivity index (χ1) is 18.4. The summed E-state index contributed by atoms with van der Waals surface area (Å²) in [6.07, 6.45) is 4.78. The van der Waals surface area contributed by atoms with Crippen LogP contribution in [0, 0.1) is 0 Å². The first kappa shape index (κ1) is 24.8. The Morgan fingerprint density at radius 3 is 0.895 bits per heavy atom. The van der Waals surface area contributed by atoms with Gasteiger partial charge in [0.15, 0.2) is 0 Å². The van der Waals surface area contributed by atoms with Gasteiger partial charge in [-0.15, -0.1) is 0 Å². The lowest BCUT2D eigenvalue weighted by molar-refractivity contribution is 1.12. The fourth-order valence-corrected chi connectivity index (χ4v) is 7.46. The largest absolute Gasteiger partial charge is 0.0653 e. The van der Waals surface area contributed by atoms with Gasteiger partial charge in [0, 0.05) is 29.7 Å². The zero-order valence-electron chi connectivity index (χ0n) is 20.1. The lowest BCUT2D eigenvalue weighted by atomic mass is 9.94. The Kier molecular flexibility index (Phi) is 6.35. The second kappa shape index (κ2) is 9.75. The zero-order chi connectivity index (χ0) is 26.0. The minimum absolute atomic E-state index is 0.216. The second-order valence-electron chi connectivity index (χ2n) is 9.88. The maximum absolute atomic E-state index is 3.69. The van der Waals surface area contributed by atoms with Crippen molar-refractivity contribution in [2.24, 2.45) is 0 Å². The molecular formula is C34H20Br4. The van der Waals surface area contributed by atoms with Gasteiger partial charge in [-0.2, -0.15) is 0 Å². The zero-order valence-corrected chi connectivity index (χ0v) is 26.4. The molecule has 0 nitrogen and oxygen atoms in total. The Morgan fingerprint density at radius 2 is 0.632 bits per heavy atom. The van der Waals surface area contributed by atoms with Crippen LogP contribution in [0.4, 0.5) is 0 Å². The number of halogens is 4. The van der Waals surface area contributed by atoms with E-state index in [-0.39, 0.29) is 11.8 Å². The molecule has 5 aromatic rings. The standard InChI is InChI=1S/C34H20Br4/c35-21-5-9-25-26-10-6-22(36)16-32(26)29(31(25)15-21)13-19-1-2-20(4-3-19)14-30-33-17-23(37)7-11-27(33)28-12-8-24(38)18-34(28)30/h1-18,29-30H. The van der Waals surface area contributed by atoms with Crippen molar-refractivity contribution in [1.82, 2.24) is 0 Å². The quantitative estimate of drug-likeness (QED) is 0.169. The van der Waals surface area contributed by atoms with Crippen molar-refractivity contribution in [1.29, 1.82) is 0 Å². The number of fused-ring (bicyclic) bond motifs is 6. The van der Waals surface area contributed by atoms with E-state index in [1.807, 2.05) is 0 Å². The van der Waals surface area contributed by atoms with Crippen LogP contribution in [-0.2, 0) is 0 Å². The lowest BCUT2D eigenvalue weighted by Gasteiger charge is -2.10. The molecule has 4 heteroatoms. The molecule has 2 aliphatic carbocycles. The predicted molar refractivity (Wildman–Crippen MR) is 173 cm³/mol. The van der Waals surface area contributed by atoms with Gasteiger partial charge in [-0.05, 0) is 103 Å². The SMILES string of the molecule is Brc1ccc2c(c1)C(C=c1ccc(=CC3c4cc(Br)ccc4-c4ccc(Br)cc43)cc1)c1cc(Br)ccc1-2. The molecule has 0 radical (unpaired) electrons. The highest BCUT2D eigenvalue weighted by molar-refractivity contribution is 9.11. The van der Waals surface area contributed by atoms with Crippen molar-refractivity contribution >= 4 is 75.9 Å². The number of rotatable bonds is 2. The highest BCUT2D eigenvalue weighted by Gasteiger charge is 2.28. The molecule has 5 aromatic carbocycles. The van der Waals surface area contributed by atoms with Crippen LogP contribution in [0.3, 0.4) is 0 Å². The third-order valence-electron chi connectivity index (χ3n) is 7.63. The molecule has 0 fully saturated rings. The van der Waals surface area contributed by atoms with E-state index >= 15 is 0 Å². The van der Waals surface area contributed by atoms with Crippen molar-refractivity contribution in [3.05, 3.63) is 148 Å². The molecule has 0 aromatic heterocycles. The van der Waals surface area contributed by atoms with Crippen LogP contribution >= 0.6 is 63.7 Å². The highest BCUT2D eigenvalue weighted by atomic mass is 79.9. The Bertz CT molecular complexity index is 1620. The van der Waals surface area contributed by atoms with Crippen molar-refractivity contribution in [2.45, 2.75) is 11.8 Å². The summed E-state index contributed by atoms with van der Waals surface area (Å²) in [5.41, 5.74) is 10.7. The Labute approximate surface area is 255 Å². The third kappa shape index (κ3) is 4.30. The molecule has 0 unspecified atom stereocenters. The van der Waals surface area contributed by atoms with Gasteiger partial charge < -0.3 is 0 Å². The van der Waals surface area contributed by atoms with Gasteiger partial charge in [-0.3, -0.25) is 0 Å². The second-order valence-corrected chi connectivity index (χ2v) is 13.5. The molecule has 0 saturated carbocycles. The van der Waals surface area contributed by atoms with Crippen LogP contribution in [-0.4, -0.2) is 0 Å². The van der Waals surface area contributed by atoms with Crippen LogP contribution in [0.25, 0.3) is 34.4 Å². The molecule has 0 saturated heterocycles. The monoisotopic (exact) mass is 744 g/mol. The predicted octanol–water partition coefficient (Wildman–Crippen LogP) is 9.92. The Hall–Kier alpha value is -2.24. The molecule has 0 heterocycles. The maximum atomic E-state index is 3.69. The molecule has 0 N–H and O–H groups in total. The molecule has 0 aliphatic heterocycles. The summed E-state index contributed by atoms with van der Waals surface area (Å²) in [5, 5.41) is 2.45. The molecule has 2 aliphatic rings. The van der Waals surface area contributed by atoms with Gasteiger partial charge in [0.2, 0.25) is 0 Å². The van der Waals surface area contributed by atoms with E-state index < -0.39 is 0 Å². The van der Waals surface area contributed by atoms with E-state index in [1.54, 1.807) is 0 Å². The van der Waals surface area contributed by atoms with E-state index in [2.05, 4.69) is 173 Å². The molecule has 38 heavy (non-hydrogen) atoms. The molecule has 0 amide bonds. The van der Waals surface area contributed by atoms with Crippen molar-refractivity contribution in [3.63, 3.8) is 0 Å². The van der Waals surface area contributed by atoms with Crippen LogP contribution in [0.1, 0.15) is 34.1 Å². The minimum atomic E-state index is 0.216. The lowest BCUT2D eigenvalue weighted by Crippen LogP contribution is -2.10. The fraction of sp³-hybridized carbons (Fsp3) is 0.0588. The molecule has 7 rings (SSSR count). The van der Waals surface area contributed by atoms with Crippen LogP contribution in [0.15, 0.2) is 115 Å². The smallest absolute Gasteiger partial charge is 0.0291 e. The van der Waals surface area contributed by atoms with E-state index in [1.165, 1.54) is 54.9 Å². The number of hydrogen-bond acceptors (Lipinski definition) is 0. The summed E-state index contributed by atoms with van der Waals surface area (Å²) in [5.74, 6) is 0.432.